The number of fused-ring (bicyclic) bond motifs is 1. The number of aromatic nitrogens is 1. The third kappa shape index (κ3) is 2.76. The Morgan fingerprint density at radius 1 is 1.24 bits per heavy atom. The Morgan fingerprint density at radius 3 is 2.81 bits per heavy atom. The maximum absolute atomic E-state index is 11.3. The van der Waals surface area contributed by atoms with Crippen LogP contribution in [0.4, 0.5) is 16.5 Å². The molecule has 0 fully saturated rings. The molecule has 3 rings (SSSR count). The number of halogens is 1. The van der Waals surface area contributed by atoms with Gasteiger partial charge in [0.2, 0.25) is 0 Å². The predicted molar refractivity (Wildman–Crippen MR) is 87.3 cm³/mol. The SMILES string of the molecule is NC(=O)c1cc(Nc2nc3ccc(Cl)cc3s2)ccc1N. The highest BCUT2D eigenvalue weighted by Gasteiger charge is 2.09. The summed E-state index contributed by atoms with van der Waals surface area (Å²) in [7, 11) is 0. The number of nitrogens with two attached hydrogens (primary N) is 2. The highest BCUT2D eigenvalue weighted by atomic mass is 35.5. The van der Waals surface area contributed by atoms with Crippen molar-refractivity contribution in [1.29, 1.82) is 0 Å². The third-order valence-electron chi connectivity index (χ3n) is 2.92. The maximum atomic E-state index is 11.3. The Balaban J connectivity index is 1.94. The summed E-state index contributed by atoms with van der Waals surface area (Å²) >= 11 is 7.43. The average molecular weight is 319 g/mol. The Hall–Kier alpha value is -2.31. The van der Waals surface area contributed by atoms with Gasteiger partial charge in [0.15, 0.2) is 5.13 Å². The summed E-state index contributed by atoms with van der Waals surface area (Å²) in [6.07, 6.45) is 0. The fourth-order valence-electron chi connectivity index (χ4n) is 1.92. The van der Waals surface area contributed by atoms with Gasteiger partial charge in [0.25, 0.3) is 5.91 Å². The fourth-order valence-corrected chi connectivity index (χ4v) is 3.08. The molecule has 0 bridgehead atoms. The monoisotopic (exact) mass is 318 g/mol. The van der Waals surface area contributed by atoms with Crippen LogP contribution in [0.25, 0.3) is 10.2 Å². The van der Waals surface area contributed by atoms with Gasteiger partial charge >= 0.3 is 0 Å². The summed E-state index contributed by atoms with van der Waals surface area (Å²) in [6.45, 7) is 0. The van der Waals surface area contributed by atoms with Gasteiger partial charge in [-0.3, -0.25) is 4.79 Å². The van der Waals surface area contributed by atoms with E-state index < -0.39 is 5.91 Å². The van der Waals surface area contributed by atoms with E-state index >= 15 is 0 Å². The number of carbonyl (C=O) groups is 1. The summed E-state index contributed by atoms with van der Waals surface area (Å²) in [5.41, 5.74) is 13.2. The highest BCUT2D eigenvalue weighted by molar-refractivity contribution is 7.22. The van der Waals surface area contributed by atoms with Gasteiger partial charge in [-0.15, -0.1) is 0 Å². The van der Waals surface area contributed by atoms with Crippen LogP contribution in [0.3, 0.4) is 0 Å². The number of hydrogen-bond donors (Lipinski definition) is 3. The van der Waals surface area contributed by atoms with Gasteiger partial charge in [0.1, 0.15) is 0 Å². The van der Waals surface area contributed by atoms with Crippen LogP contribution in [0.1, 0.15) is 10.4 Å². The van der Waals surface area contributed by atoms with E-state index in [0.717, 1.165) is 10.2 Å². The summed E-state index contributed by atoms with van der Waals surface area (Å²) in [6, 6.07) is 10.5. The molecular weight excluding hydrogens is 308 g/mol. The number of nitrogens with one attached hydrogen (secondary N) is 1. The van der Waals surface area contributed by atoms with E-state index in [1.807, 2.05) is 12.1 Å². The van der Waals surface area contributed by atoms with Crippen molar-refractivity contribution in [2.75, 3.05) is 11.1 Å². The van der Waals surface area contributed by atoms with E-state index in [1.165, 1.54) is 11.3 Å². The van der Waals surface area contributed by atoms with Crippen molar-refractivity contribution in [1.82, 2.24) is 4.98 Å². The zero-order valence-electron chi connectivity index (χ0n) is 10.8. The molecule has 7 heteroatoms. The van der Waals surface area contributed by atoms with Gasteiger partial charge < -0.3 is 16.8 Å². The number of carbonyl (C=O) groups excluding carboxylic acids is 1. The molecule has 5 N–H and O–H groups in total. The molecule has 1 aromatic heterocycles. The quantitative estimate of drug-likeness (QED) is 0.645. The topological polar surface area (TPSA) is 94.0 Å². The van der Waals surface area contributed by atoms with Crippen molar-refractivity contribution in [3.05, 3.63) is 47.0 Å². The Labute approximate surface area is 129 Å². The van der Waals surface area contributed by atoms with E-state index in [-0.39, 0.29) is 5.56 Å². The number of hydrogen-bond acceptors (Lipinski definition) is 5. The standard InChI is InChI=1S/C14H11ClN4OS/c15-7-1-4-11-12(5-7)21-14(19-11)18-8-2-3-10(16)9(6-8)13(17)20/h1-6H,16H2,(H2,17,20)(H,18,19). The Bertz CT molecular complexity index is 846. The van der Waals surface area contributed by atoms with Gasteiger partial charge in [0, 0.05) is 16.4 Å². The maximum Gasteiger partial charge on any atom is 0.250 e. The van der Waals surface area contributed by atoms with Crippen LogP contribution in [-0.2, 0) is 0 Å². The summed E-state index contributed by atoms with van der Waals surface area (Å²) in [5.74, 6) is -0.563. The number of benzene rings is 2. The molecule has 0 atom stereocenters. The van der Waals surface area contributed by atoms with Crippen molar-refractivity contribution in [2.24, 2.45) is 5.73 Å². The first-order valence-electron chi connectivity index (χ1n) is 6.05. The van der Waals surface area contributed by atoms with Crippen LogP contribution in [-0.4, -0.2) is 10.9 Å². The lowest BCUT2D eigenvalue weighted by Gasteiger charge is -2.06. The minimum absolute atomic E-state index is 0.282. The number of nitrogens with zero attached hydrogens (tertiary/aromatic N) is 1. The molecule has 0 saturated heterocycles. The van der Waals surface area contributed by atoms with Gasteiger partial charge in [0.05, 0.1) is 15.8 Å². The normalized spacial score (nSPS) is 10.7. The second-order valence-corrected chi connectivity index (χ2v) is 5.89. The first-order valence-corrected chi connectivity index (χ1v) is 7.25. The molecule has 0 aliphatic rings. The van der Waals surface area contributed by atoms with Crippen molar-refractivity contribution in [2.45, 2.75) is 0 Å². The summed E-state index contributed by atoms with van der Waals surface area (Å²) < 4.78 is 0.982. The third-order valence-corrected chi connectivity index (χ3v) is 4.09. The van der Waals surface area contributed by atoms with E-state index in [1.54, 1.807) is 24.3 Å². The molecule has 0 saturated carbocycles. The molecule has 2 aromatic carbocycles. The lowest BCUT2D eigenvalue weighted by atomic mass is 10.1. The van der Waals surface area contributed by atoms with Gasteiger partial charge in [-0.25, -0.2) is 4.98 Å². The van der Waals surface area contributed by atoms with Gasteiger partial charge in [-0.2, -0.15) is 0 Å². The Morgan fingerprint density at radius 2 is 2.05 bits per heavy atom. The molecule has 0 unspecified atom stereocenters. The molecule has 106 valence electrons. The molecule has 1 amide bonds. The molecule has 5 nitrogen and oxygen atoms in total. The first kappa shape index (κ1) is 13.7. The highest BCUT2D eigenvalue weighted by Crippen LogP contribution is 2.30. The second kappa shape index (κ2) is 5.23. The van der Waals surface area contributed by atoms with Crippen molar-refractivity contribution < 1.29 is 4.79 Å². The van der Waals surface area contributed by atoms with Crippen LogP contribution in [0.15, 0.2) is 36.4 Å². The molecule has 0 spiro atoms. The predicted octanol–water partition coefficient (Wildman–Crippen LogP) is 3.37. The smallest absolute Gasteiger partial charge is 0.250 e. The van der Waals surface area contributed by atoms with Crippen LogP contribution in [0.5, 0.6) is 0 Å². The lowest BCUT2D eigenvalue weighted by Crippen LogP contribution is -2.13. The number of anilines is 3. The molecule has 1 heterocycles. The molecular formula is C14H11ClN4OS. The van der Waals surface area contributed by atoms with E-state index in [4.69, 9.17) is 23.1 Å². The van der Waals surface area contributed by atoms with E-state index in [2.05, 4.69) is 10.3 Å². The van der Waals surface area contributed by atoms with Crippen LogP contribution in [0.2, 0.25) is 5.02 Å². The van der Waals surface area contributed by atoms with Crippen LogP contribution in [0, 0.1) is 0 Å². The van der Waals surface area contributed by atoms with Gasteiger partial charge in [-0.1, -0.05) is 22.9 Å². The first-order chi connectivity index (χ1) is 10.0. The molecule has 3 aromatic rings. The van der Waals surface area contributed by atoms with Crippen LogP contribution < -0.4 is 16.8 Å². The van der Waals surface area contributed by atoms with Gasteiger partial charge in [-0.05, 0) is 36.4 Å². The lowest BCUT2D eigenvalue weighted by molar-refractivity contribution is 0.100. The fraction of sp³-hybridized carbons (Fsp3) is 0. The van der Waals surface area contributed by atoms with E-state index in [0.29, 0.717) is 21.5 Å². The average Bonchev–Trinajstić information content (AvgIpc) is 2.82. The molecule has 0 aliphatic carbocycles. The number of primary amides is 1. The number of rotatable bonds is 3. The minimum atomic E-state index is -0.563. The van der Waals surface area contributed by atoms with Crippen molar-refractivity contribution in [3.8, 4) is 0 Å². The second-order valence-electron chi connectivity index (χ2n) is 4.42. The molecule has 21 heavy (non-hydrogen) atoms. The summed E-state index contributed by atoms with van der Waals surface area (Å²) in [4.78, 5) is 15.7. The van der Waals surface area contributed by atoms with Crippen LogP contribution >= 0.6 is 22.9 Å². The van der Waals surface area contributed by atoms with Crippen molar-refractivity contribution >= 4 is 55.6 Å². The largest absolute Gasteiger partial charge is 0.398 e. The summed E-state index contributed by atoms with van der Waals surface area (Å²) in [5, 5.41) is 4.51. The molecule has 0 aliphatic heterocycles. The minimum Gasteiger partial charge on any atom is -0.398 e. The number of thiazole rings is 1. The number of amides is 1. The zero-order valence-corrected chi connectivity index (χ0v) is 12.3. The number of nitrogen functional groups attached to an aromatic ring is 1. The molecule has 0 radical (unpaired) electrons. The van der Waals surface area contributed by atoms with E-state index in [9.17, 15) is 4.79 Å². The Kier molecular flexibility index (Phi) is 3.40. The zero-order chi connectivity index (χ0) is 15.0. The van der Waals surface area contributed by atoms with Crippen molar-refractivity contribution in [3.63, 3.8) is 0 Å².